The number of nitrogens with zero attached hydrogens (tertiary/aromatic N) is 2. The minimum atomic E-state index is -0.295. The minimum absolute atomic E-state index is 0. The van der Waals surface area contributed by atoms with Crippen LogP contribution in [-0.4, -0.2) is 22.2 Å². The molecule has 0 spiro atoms. The van der Waals surface area contributed by atoms with Gasteiger partial charge in [-0.05, 0) is 29.8 Å². The molecule has 2 aromatic rings. The average Bonchev–Trinajstić information content (AvgIpc) is 3.01. The number of carbonyl (C=O) groups excluding carboxylic acids is 1. The highest BCUT2D eigenvalue weighted by Crippen LogP contribution is 2.13. The highest BCUT2D eigenvalue weighted by atomic mass is 35.5. The Morgan fingerprint density at radius 1 is 1.55 bits per heavy atom. The third-order valence-corrected chi connectivity index (χ3v) is 3.15. The molecule has 6 nitrogen and oxygen atoms in total. The number of furan rings is 1. The Bertz CT molecular complexity index is 585. The largest absolute Gasteiger partial charge is 0.440 e. The number of rotatable bonds is 3. The molecule has 1 aliphatic rings. The molecule has 1 aliphatic heterocycles. The van der Waals surface area contributed by atoms with Gasteiger partial charge in [-0.15, -0.1) is 12.4 Å². The molecule has 2 N–H and O–H groups in total. The summed E-state index contributed by atoms with van der Waals surface area (Å²) in [7, 11) is 0. The smallest absolute Gasteiger partial charge is 0.287 e. The third kappa shape index (κ3) is 3.15. The second kappa shape index (κ2) is 6.30. The van der Waals surface area contributed by atoms with Crippen molar-refractivity contribution in [3.63, 3.8) is 0 Å². The maximum atomic E-state index is 11.8. The Morgan fingerprint density at radius 2 is 2.40 bits per heavy atom. The summed E-state index contributed by atoms with van der Waals surface area (Å²) >= 11 is 5.62. The molecule has 0 bridgehead atoms. The molecule has 0 fully saturated rings. The van der Waals surface area contributed by atoms with E-state index < -0.39 is 0 Å². The van der Waals surface area contributed by atoms with Gasteiger partial charge >= 0.3 is 0 Å². The Morgan fingerprint density at radius 3 is 3.10 bits per heavy atom. The van der Waals surface area contributed by atoms with Crippen molar-refractivity contribution in [3.05, 3.63) is 40.6 Å². The van der Waals surface area contributed by atoms with Gasteiger partial charge in [0.2, 0.25) is 0 Å². The number of carbonyl (C=O) groups is 1. The Labute approximate surface area is 126 Å². The molecule has 0 radical (unpaired) electrons. The van der Waals surface area contributed by atoms with E-state index in [0.717, 1.165) is 31.0 Å². The molecule has 20 heavy (non-hydrogen) atoms. The zero-order chi connectivity index (χ0) is 13.2. The summed E-state index contributed by atoms with van der Waals surface area (Å²) in [6, 6.07) is 5.07. The summed E-state index contributed by atoms with van der Waals surface area (Å²) < 4.78 is 6.99. The Hall–Kier alpha value is -1.50. The lowest BCUT2D eigenvalue weighted by atomic mass is 10.3. The van der Waals surface area contributed by atoms with Crippen molar-refractivity contribution in [1.82, 2.24) is 20.4 Å². The maximum Gasteiger partial charge on any atom is 0.287 e. The van der Waals surface area contributed by atoms with Crippen LogP contribution in [0, 0.1) is 0 Å². The summed E-state index contributed by atoms with van der Waals surface area (Å²) in [6.45, 7) is 2.97. The molecule has 8 heteroatoms. The van der Waals surface area contributed by atoms with Crippen LogP contribution in [0.3, 0.4) is 0 Å². The van der Waals surface area contributed by atoms with Crippen LogP contribution >= 0.6 is 24.0 Å². The van der Waals surface area contributed by atoms with Gasteiger partial charge in [0.05, 0.1) is 24.5 Å². The normalized spacial score (nSPS) is 13.4. The lowest BCUT2D eigenvalue weighted by Gasteiger charge is -2.13. The molecule has 108 valence electrons. The second-order valence-electron chi connectivity index (χ2n) is 4.31. The van der Waals surface area contributed by atoms with Crippen LogP contribution in [0.5, 0.6) is 0 Å². The van der Waals surface area contributed by atoms with Gasteiger partial charge in [0.25, 0.3) is 5.91 Å². The fraction of sp³-hybridized carbons (Fsp3) is 0.333. The number of aromatic nitrogens is 2. The van der Waals surface area contributed by atoms with E-state index in [-0.39, 0.29) is 29.3 Å². The number of hydrogen-bond donors (Lipinski definition) is 2. The van der Waals surface area contributed by atoms with E-state index in [0.29, 0.717) is 6.54 Å². The highest BCUT2D eigenvalue weighted by Gasteiger charge is 2.14. The lowest BCUT2D eigenvalue weighted by Crippen LogP contribution is -2.28. The summed E-state index contributed by atoms with van der Waals surface area (Å²) in [5.41, 5.74) is 1.97. The van der Waals surface area contributed by atoms with Crippen molar-refractivity contribution in [1.29, 1.82) is 0 Å². The van der Waals surface area contributed by atoms with Crippen LogP contribution in [0.1, 0.15) is 21.9 Å². The first-order valence-corrected chi connectivity index (χ1v) is 6.40. The summed E-state index contributed by atoms with van der Waals surface area (Å²) in [5.74, 6) is -0.0911. The molecule has 0 aliphatic carbocycles. The van der Waals surface area contributed by atoms with Crippen LogP contribution < -0.4 is 10.6 Å². The van der Waals surface area contributed by atoms with Gasteiger partial charge in [-0.1, -0.05) is 0 Å². The molecule has 1 amide bonds. The van der Waals surface area contributed by atoms with Gasteiger partial charge < -0.3 is 15.1 Å². The van der Waals surface area contributed by atoms with Crippen LogP contribution in [0.25, 0.3) is 0 Å². The molecule has 3 rings (SSSR count). The fourth-order valence-electron chi connectivity index (χ4n) is 2.03. The average molecular weight is 317 g/mol. The molecule has 0 atom stereocenters. The van der Waals surface area contributed by atoms with Crippen LogP contribution in [0.4, 0.5) is 0 Å². The number of hydrogen-bond acceptors (Lipinski definition) is 4. The second-order valence-corrected chi connectivity index (χ2v) is 4.69. The number of nitrogens with one attached hydrogen (secondary N) is 2. The first-order valence-electron chi connectivity index (χ1n) is 6.02. The molecular formula is C12H14Cl2N4O2. The maximum absolute atomic E-state index is 11.8. The van der Waals surface area contributed by atoms with E-state index in [4.69, 9.17) is 16.0 Å². The number of halogens is 2. The summed E-state index contributed by atoms with van der Waals surface area (Å²) in [5, 5.41) is 10.6. The zero-order valence-electron chi connectivity index (χ0n) is 10.6. The highest BCUT2D eigenvalue weighted by molar-refractivity contribution is 6.29. The van der Waals surface area contributed by atoms with E-state index in [1.54, 1.807) is 6.07 Å². The molecule has 0 saturated heterocycles. The van der Waals surface area contributed by atoms with Gasteiger partial charge in [-0.2, -0.15) is 5.10 Å². The van der Waals surface area contributed by atoms with Gasteiger partial charge in [-0.25, -0.2) is 0 Å². The summed E-state index contributed by atoms with van der Waals surface area (Å²) in [6.07, 6.45) is 0. The minimum Gasteiger partial charge on any atom is -0.440 e. The first-order chi connectivity index (χ1) is 9.22. The molecule has 0 saturated carbocycles. The van der Waals surface area contributed by atoms with E-state index in [2.05, 4.69) is 15.7 Å². The number of fused-ring (bicyclic) bond motifs is 1. The van der Waals surface area contributed by atoms with E-state index in [1.165, 1.54) is 6.07 Å². The number of amides is 1. The van der Waals surface area contributed by atoms with E-state index >= 15 is 0 Å². The molecule has 3 heterocycles. The van der Waals surface area contributed by atoms with Crippen molar-refractivity contribution in [3.8, 4) is 0 Å². The quantitative estimate of drug-likeness (QED) is 0.902. The van der Waals surface area contributed by atoms with E-state index in [9.17, 15) is 4.79 Å². The predicted octanol–water partition coefficient (Wildman–Crippen LogP) is 1.58. The molecule has 2 aromatic heterocycles. The lowest BCUT2D eigenvalue weighted by molar-refractivity contribution is 0.0922. The van der Waals surface area contributed by atoms with Crippen LogP contribution in [0.15, 0.2) is 22.6 Å². The first kappa shape index (κ1) is 14.9. The fourth-order valence-corrected chi connectivity index (χ4v) is 2.18. The van der Waals surface area contributed by atoms with Crippen molar-refractivity contribution < 1.29 is 9.21 Å². The Kier molecular flexibility index (Phi) is 4.69. The molecule has 0 unspecified atom stereocenters. The van der Waals surface area contributed by atoms with Crippen molar-refractivity contribution in [2.75, 3.05) is 6.54 Å². The van der Waals surface area contributed by atoms with Gasteiger partial charge in [0, 0.05) is 13.1 Å². The van der Waals surface area contributed by atoms with Crippen molar-refractivity contribution in [2.45, 2.75) is 19.6 Å². The summed E-state index contributed by atoms with van der Waals surface area (Å²) in [4.78, 5) is 11.8. The van der Waals surface area contributed by atoms with Gasteiger partial charge in [0.15, 0.2) is 11.0 Å². The molecular weight excluding hydrogens is 303 g/mol. The van der Waals surface area contributed by atoms with Gasteiger partial charge in [-0.3, -0.25) is 9.48 Å². The van der Waals surface area contributed by atoms with E-state index in [1.807, 2.05) is 10.7 Å². The SMILES string of the molecule is Cl.O=C(NCc1cc2n(n1)CCNC2)c1ccc(Cl)o1. The van der Waals surface area contributed by atoms with Crippen molar-refractivity contribution >= 4 is 29.9 Å². The topological polar surface area (TPSA) is 72.1 Å². The standard InChI is InChI=1S/C12H13ClN4O2.ClH/c13-11-2-1-10(19-11)12(18)15-6-8-5-9-7-14-3-4-17(9)16-8;/h1-2,5,14H,3-4,6-7H2,(H,15,18);1H. The Balaban J connectivity index is 0.00000147. The van der Waals surface area contributed by atoms with Crippen LogP contribution in [0.2, 0.25) is 5.22 Å². The van der Waals surface area contributed by atoms with Crippen LogP contribution in [-0.2, 0) is 19.6 Å². The van der Waals surface area contributed by atoms with Crippen molar-refractivity contribution in [2.24, 2.45) is 0 Å². The predicted molar refractivity (Wildman–Crippen MR) is 76.1 cm³/mol. The zero-order valence-corrected chi connectivity index (χ0v) is 12.1. The van der Waals surface area contributed by atoms with Gasteiger partial charge in [0.1, 0.15) is 0 Å². The third-order valence-electron chi connectivity index (χ3n) is 2.95. The monoisotopic (exact) mass is 316 g/mol. The molecule has 0 aromatic carbocycles.